The molecule has 3 heteroatoms. The summed E-state index contributed by atoms with van der Waals surface area (Å²) in [6.45, 7) is 6.91. The molecule has 2 aromatic rings. The van der Waals surface area contributed by atoms with E-state index in [1.807, 2.05) is 23.5 Å². The molecule has 0 saturated heterocycles. The normalized spacial score (nSPS) is 15.7. The third kappa shape index (κ3) is 4.37. The van der Waals surface area contributed by atoms with Gasteiger partial charge in [0.15, 0.2) is 0 Å². The smallest absolute Gasteiger partial charge is 0.0256 e. The van der Waals surface area contributed by atoms with Gasteiger partial charge >= 0.3 is 0 Å². The van der Waals surface area contributed by atoms with Crippen LogP contribution >= 0.6 is 39.5 Å². The van der Waals surface area contributed by atoms with E-state index >= 15 is 0 Å². The Labute approximate surface area is 157 Å². The van der Waals surface area contributed by atoms with Crippen LogP contribution in [-0.4, -0.2) is 0 Å². The Morgan fingerprint density at radius 1 is 0.783 bits per heavy atom. The fourth-order valence-corrected chi connectivity index (χ4v) is 5.52. The van der Waals surface area contributed by atoms with Gasteiger partial charge in [-0.2, -0.15) is 23.5 Å². The maximum absolute atomic E-state index is 3.88. The van der Waals surface area contributed by atoms with Gasteiger partial charge in [-0.05, 0) is 33.2 Å². The SMILES string of the molecule is CC(C)(C)c1cc2c(Br)c(c1)CSCc1ccc(cc1)CSC2. The lowest BCUT2D eigenvalue weighted by atomic mass is 9.85. The third-order valence-electron chi connectivity index (χ3n) is 4.16. The van der Waals surface area contributed by atoms with Gasteiger partial charge < -0.3 is 0 Å². The standard InChI is InChI=1S/C20H23BrS2/c1-20(2,3)18-8-16-12-22-10-14-4-5-15(7-6-14)11-23-13-17(9-18)19(16)21/h4-9H,10-13H2,1-3H3. The molecule has 2 aromatic carbocycles. The van der Waals surface area contributed by atoms with Crippen molar-refractivity contribution < 1.29 is 0 Å². The first-order valence-corrected chi connectivity index (χ1v) is 11.1. The molecule has 0 amide bonds. The highest BCUT2D eigenvalue weighted by atomic mass is 79.9. The van der Waals surface area contributed by atoms with Gasteiger partial charge in [0.2, 0.25) is 0 Å². The minimum absolute atomic E-state index is 0.194. The van der Waals surface area contributed by atoms with E-state index in [1.165, 1.54) is 32.3 Å². The lowest BCUT2D eigenvalue weighted by Gasteiger charge is -2.22. The van der Waals surface area contributed by atoms with E-state index in [2.05, 4.69) is 73.1 Å². The fraction of sp³-hybridized carbons (Fsp3) is 0.400. The van der Waals surface area contributed by atoms with E-state index in [-0.39, 0.29) is 5.41 Å². The zero-order valence-electron chi connectivity index (χ0n) is 14.0. The first kappa shape index (κ1) is 17.4. The summed E-state index contributed by atoms with van der Waals surface area (Å²) in [4.78, 5) is 0. The molecular weight excluding hydrogens is 384 g/mol. The largest absolute Gasteiger partial charge is 0.152 e. The zero-order valence-corrected chi connectivity index (χ0v) is 17.2. The van der Waals surface area contributed by atoms with Crippen LogP contribution in [0.5, 0.6) is 0 Å². The first-order valence-electron chi connectivity index (χ1n) is 7.98. The van der Waals surface area contributed by atoms with Crippen molar-refractivity contribution in [3.63, 3.8) is 0 Å². The van der Waals surface area contributed by atoms with Gasteiger partial charge in [0.1, 0.15) is 0 Å². The number of hydrogen-bond donors (Lipinski definition) is 0. The number of thioether (sulfide) groups is 2. The molecular formula is C20H23BrS2. The Bertz CT molecular complexity index is 634. The maximum Gasteiger partial charge on any atom is 0.0256 e. The molecule has 0 aliphatic carbocycles. The summed E-state index contributed by atoms with van der Waals surface area (Å²) in [5, 5.41) is 0. The van der Waals surface area contributed by atoms with Gasteiger partial charge in [0.05, 0.1) is 0 Å². The number of rotatable bonds is 0. The molecule has 0 nitrogen and oxygen atoms in total. The molecule has 2 heterocycles. The van der Waals surface area contributed by atoms with Crippen LogP contribution in [0.15, 0.2) is 40.9 Å². The molecule has 4 rings (SSSR count). The topological polar surface area (TPSA) is 0 Å². The van der Waals surface area contributed by atoms with E-state index in [4.69, 9.17) is 0 Å². The van der Waals surface area contributed by atoms with Crippen LogP contribution in [0.3, 0.4) is 0 Å². The maximum atomic E-state index is 3.88. The van der Waals surface area contributed by atoms with Crippen molar-refractivity contribution in [2.24, 2.45) is 0 Å². The summed E-state index contributed by atoms with van der Waals surface area (Å²) in [5.74, 6) is 4.28. The van der Waals surface area contributed by atoms with Gasteiger partial charge in [-0.1, -0.05) is 73.1 Å². The molecule has 4 bridgehead atoms. The van der Waals surface area contributed by atoms with Gasteiger partial charge in [0, 0.05) is 27.5 Å². The minimum Gasteiger partial charge on any atom is -0.152 e. The van der Waals surface area contributed by atoms with E-state index < -0.39 is 0 Å². The molecule has 0 atom stereocenters. The van der Waals surface area contributed by atoms with Gasteiger partial charge in [-0.3, -0.25) is 0 Å². The minimum atomic E-state index is 0.194. The van der Waals surface area contributed by atoms with Crippen LogP contribution in [0.1, 0.15) is 48.6 Å². The van der Waals surface area contributed by atoms with Crippen molar-refractivity contribution >= 4 is 39.5 Å². The second kappa shape index (κ2) is 7.25. The quantitative estimate of drug-likeness (QED) is 0.465. The third-order valence-corrected chi connectivity index (χ3v) is 7.29. The Morgan fingerprint density at radius 2 is 1.22 bits per heavy atom. The Morgan fingerprint density at radius 3 is 1.61 bits per heavy atom. The van der Waals surface area contributed by atoms with Gasteiger partial charge in [0.25, 0.3) is 0 Å². The van der Waals surface area contributed by atoms with Crippen molar-refractivity contribution in [3.8, 4) is 0 Å². The lowest BCUT2D eigenvalue weighted by Crippen LogP contribution is -2.12. The number of hydrogen-bond acceptors (Lipinski definition) is 2. The van der Waals surface area contributed by atoms with Gasteiger partial charge in [-0.15, -0.1) is 0 Å². The number of benzene rings is 2. The molecule has 23 heavy (non-hydrogen) atoms. The zero-order chi connectivity index (χ0) is 16.4. The molecule has 0 aromatic heterocycles. The second-order valence-corrected chi connectivity index (χ2v) is 9.92. The van der Waals surface area contributed by atoms with Crippen molar-refractivity contribution in [1.29, 1.82) is 0 Å². The van der Waals surface area contributed by atoms with Crippen LogP contribution in [0, 0.1) is 0 Å². The highest BCUT2D eigenvalue weighted by Crippen LogP contribution is 2.35. The van der Waals surface area contributed by atoms with Crippen molar-refractivity contribution in [2.75, 3.05) is 0 Å². The molecule has 2 aliphatic heterocycles. The summed E-state index contributed by atoms with van der Waals surface area (Å²) in [6.07, 6.45) is 0. The fourth-order valence-electron chi connectivity index (χ4n) is 2.68. The molecule has 0 spiro atoms. The van der Waals surface area contributed by atoms with E-state index in [0.717, 1.165) is 23.0 Å². The molecule has 0 fully saturated rings. The summed E-state index contributed by atoms with van der Waals surface area (Å²) in [6, 6.07) is 13.9. The molecule has 122 valence electrons. The van der Waals surface area contributed by atoms with E-state index in [9.17, 15) is 0 Å². The molecule has 0 radical (unpaired) electrons. The van der Waals surface area contributed by atoms with Crippen molar-refractivity contribution in [2.45, 2.75) is 49.2 Å². The Hall–Kier alpha value is -0.380. The first-order chi connectivity index (χ1) is 10.9. The summed E-state index contributed by atoms with van der Waals surface area (Å²) in [7, 11) is 0. The molecule has 0 saturated carbocycles. The second-order valence-electron chi connectivity index (χ2n) is 7.16. The lowest BCUT2D eigenvalue weighted by molar-refractivity contribution is 0.589. The highest BCUT2D eigenvalue weighted by molar-refractivity contribution is 9.10. The Balaban J connectivity index is 1.97. The predicted octanol–water partition coefficient (Wildman–Crippen LogP) is 6.93. The van der Waals surface area contributed by atoms with Crippen LogP contribution in [-0.2, 0) is 28.4 Å². The number of fused-ring (bicyclic) bond motifs is 6. The Kier molecular flexibility index (Phi) is 5.49. The molecule has 2 aliphatic rings. The van der Waals surface area contributed by atoms with Crippen molar-refractivity contribution in [1.82, 2.24) is 0 Å². The summed E-state index contributed by atoms with van der Waals surface area (Å²) < 4.78 is 1.31. The van der Waals surface area contributed by atoms with Crippen LogP contribution in [0.25, 0.3) is 0 Å². The monoisotopic (exact) mass is 406 g/mol. The van der Waals surface area contributed by atoms with Crippen LogP contribution in [0.4, 0.5) is 0 Å². The molecule has 0 unspecified atom stereocenters. The van der Waals surface area contributed by atoms with E-state index in [0.29, 0.717) is 0 Å². The highest BCUT2D eigenvalue weighted by Gasteiger charge is 2.18. The summed E-state index contributed by atoms with van der Waals surface area (Å²) >= 11 is 7.88. The molecule has 0 N–H and O–H groups in total. The number of halogens is 1. The van der Waals surface area contributed by atoms with Crippen LogP contribution in [0.2, 0.25) is 0 Å². The average molecular weight is 407 g/mol. The average Bonchev–Trinajstić information content (AvgIpc) is 2.51. The summed E-state index contributed by atoms with van der Waals surface area (Å²) in [5.41, 5.74) is 7.36. The van der Waals surface area contributed by atoms with Crippen molar-refractivity contribution in [3.05, 3.63) is 68.7 Å². The van der Waals surface area contributed by atoms with Crippen LogP contribution < -0.4 is 0 Å². The predicted molar refractivity (Wildman–Crippen MR) is 109 cm³/mol. The van der Waals surface area contributed by atoms with Gasteiger partial charge in [-0.25, -0.2) is 0 Å². The van der Waals surface area contributed by atoms with E-state index in [1.54, 1.807) is 0 Å².